The second-order valence-corrected chi connectivity index (χ2v) is 4.60. The van der Waals surface area contributed by atoms with Crippen LogP contribution in [0.5, 0.6) is 0 Å². The number of halogens is 1. The zero-order valence-electron chi connectivity index (χ0n) is 10.9. The number of nitro benzene ring substituents is 1. The summed E-state index contributed by atoms with van der Waals surface area (Å²) < 4.78 is 0. The van der Waals surface area contributed by atoms with Crippen molar-refractivity contribution in [3.05, 3.63) is 33.9 Å². The van der Waals surface area contributed by atoms with Crippen LogP contribution in [-0.2, 0) is 5.88 Å². The first-order valence-corrected chi connectivity index (χ1v) is 6.68. The highest BCUT2D eigenvalue weighted by Crippen LogP contribution is 2.26. The summed E-state index contributed by atoms with van der Waals surface area (Å²) in [5.41, 5.74) is 1.88. The van der Waals surface area contributed by atoms with Crippen LogP contribution in [0.4, 0.5) is 11.4 Å². The molecule has 0 saturated heterocycles. The van der Waals surface area contributed by atoms with Gasteiger partial charge in [0, 0.05) is 37.3 Å². The van der Waals surface area contributed by atoms with E-state index in [1.54, 1.807) is 12.1 Å². The minimum absolute atomic E-state index is 0.0939. The summed E-state index contributed by atoms with van der Waals surface area (Å²) in [5.74, 6) is 0.287. The van der Waals surface area contributed by atoms with Gasteiger partial charge in [-0.15, -0.1) is 11.6 Å². The van der Waals surface area contributed by atoms with E-state index in [0.717, 1.165) is 24.2 Å². The summed E-state index contributed by atoms with van der Waals surface area (Å²) in [6, 6.07) is 4.86. The van der Waals surface area contributed by atoms with E-state index in [2.05, 4.69) is 11.8 Å². The second-order valence-electron chi connectivity index (χ2n) is 4.33. The Hall–Kier alpha value is -1.29. The van der Waals surface area contributed by atoms with E-state index in [1.165, 1.54) is 18.9 Å². The van der Waals surface area contributed by atoms with Crippen LogP contribution in [-0.4, -0.2) is 18.5 Å². The molecule has 1 rings (SSSR count). The maximum Gasteiger partial charge on any atom is 0.269 e. The van der Waals surface area contributed by atoms with Gasteiger partial charge in [-0.2, -0.15) is 0 Å². The van der Waals surface area contributed by atoms with Gasteiger partial charge in [-0.05, 0) is 18.1 Å². The average Bonchev–Trinajstić information content (AvgIpc) is 2.38. The Morgan fingerprint density at radius 3 is 2.67 bits per heavy atom. The van der Waals surface area contributed by atoms with Gasteiger partial charge in [-0.25, -0.2) is 0 Å². The van der Waals surface area contributed by atoms with Crippen LogP contribution >= 0.6 is 11.6 Å². The van der Waals surface area contributed by atoms with Gasteiger partial charge < -0.3 is 4.90 Å². The highest BCUT2D eigenvalue weighted by molar-refractivity contribution is 6.17. The van der Waals surface area contributed by atoms with E-state index in [1.807, 2.05) is 7.05 Å². The third kappa shape index (κ3) is 3.88. The number of rotatable bonds is 7. The first kappa shape index (κ1) is 14.8. The number of nitro groups is 1. The molecule has 0 amide bonds. The van der Waals surface area contributed by atoms with Gasteiger partial charge in [0.2, 0.25) is 0 Å². The van der Waals surface area contributed by atoms with Crippen molar-refractivity contribution in [2.24, 2.45) is 0 Å². The number of alkyl halides is 1. The molecule has 0 spiro atoms. The van der Waals surface area contributed by atoms with Crippen LogP contribution in [0.25, 0.3) is 0 Å². The van der Waals surface area contributed by atoms with E-state index >= 15 is 0 Å². The SMILES string of the molecule is CCCCCN(C)c1ccc([N+](=O)[O-])cc1CCl. The molecular weight excluding hydrogens is 252 g/mol. The maximum atomic E-state index is 10.7. The van der Waals surface area contributed by atoms with Crippen molar-refractivity contribution in [3.8, 4) is 0 Å². The van der Waals surface area contributed by atoms with E-state index < -0.39 is 4.92 Å². The van der Waals surface area contributed by atoms with Crippen molar-refractivity contribution in [1.29, 1.82) is 0 Å². The smallest absolute Gasteiger partial charge is 0.269 e. The summed E-state index contributed by atoms with van der Waals surface area (Å²) in [6.07, 6.45) is 3.48. The van der Waals surface area contributed by atoms with Crippen molar-refractivity contribution in [2.75, 3.05) is 18.5 Å². The lowest BCUT2D eigenvalue weighted by Crippen LogP contribution is -2.19. The Kier molecular flexibility index (Phi) is 5.92. The number of non-ortho nitro benzene ring substituents is 1. The van der Waals surface area contributed by atoms with Gasteiger partial charge >= 0.3 is 0 Å². The molecular formula is C13H19ClN2O2. The molecule has 0 heterocycles. The summed E-state index contributed by atoms with van der Waals surface area (Å²) in [5, 5.41) is 10.7. The molecule has 0 aromatic heterocycles. The first-order chi connectivity index (χ1) is 8.60. The second kappa shape index (κ2) is 7.21. The molecule has 0 fully saturated rings. The normalized spacial score (nSPS) is 10.4. The van der Waals surface area contributed by atoms with Gasteiger partial charge in [-0.1, -0.05) is 19.8 Å². The molecule has 0 aliphatic rings. The Morgan fingerprint density at radius 1 is 1.39 bits per heavy atom. The standard InChI is InChI=1S/C13H19ClN2O2/c1-3-4-5-8-15(2)13-7-6-12(16(17)18)9-11(13)10-14/h6-7,9H,3-5,8,10H2,1-2H3. The monoisotopic (exact) mass is 270 g/mol. The van der Waals surface area contributed by atoms with E-state index in [-0.39, 0.29) is 11.6 Å². The quantitative estimate of drug-likeness (QED) is 0.326. The summed E-state index contributed by atoms with van der Waals surface area (Å²) >= 11 is 5.86. The zero-order chi connectivity index (χ0) is 13.5. The van der Waals surface area contributed by atoms with Gasteiger partial charge in [0.1, 0.15) is 0 Å². The van der Waals surface area contributed by atoms with E-state index in [9.17, 15) is 10.1 Å². The predicted molar refractivity (Wildman–Crippen MR) is 75.4 cm³/mol. The summed E-state index contributed by atoms with van der Waals surface area (Å²) in [4.78, 5) is 12.4. The largest absolute Gasteiger partial charge is 0.374 e. The molecule has 100 valence electrons. The van der Waals surface area contributed by atoms with Crippen molar-refractivity contribution in [3.63, 3.8) is 0 Å². The van der Waals surface area contributed by atoms with Gasteiger partial charge in [0.15, 0.2) is 0 Å². The van der Waals surface area contributed by atoms with E-state index in [0.29, 0.717) is 0 Å². The molecule has 0 saturated carbocycles. The third-order valence-corrected chi connectivity index (χ3v) is 3.21. The fourth-order valence-corrected chi connectivity index (χ4v) is 2.10. The van der Waals surface area contributed by atoms with Crippen LogP contribution in [0.1, 0.15) is 31.7 Å². The molecule has 18 heavy (non-hydrogen) atoms. The van der Waals surface area contributed by atoms with Crippen molar-refractivity contribution in [2.45, 2.75) is 32.1 Å². The van der Waals surface area contributed by atoms with Gasteiger partial charge in [-0.3, -0.25) is 10.1 Å². The number of unbranched alkanes of at least 4 members (excludes halogenated alkanes) is 2. The third-order valence-electron chi connectivity index (χ3n) is 2.93. The topological polar surface area (TPSA) is 46.4 Å². The Morgan fingerprint density at radius 2 is 2.11 bits per heavy atom. The van der Waals surface area contributed by atoms with Gasteiger partial charge in [0.05, 0.1) is 4.92 Å². The number of hydrogen-bond donors (Lipinski definition) is 0. The van der Waals surface area contributed by atoms with Crippen LogP contribution < -0.4 is 4.90 Å². The minimum Gasteiger partial charge on any atom is -0.374 e. The number of hydrogen-bond acceptors (Lipinski definition) is 3. The van der Waals surface area contributed by atoms with Crippen molar-refractivity contribution >= 4 is 23.0 Å². The molecule has 1 aromatic rings. The van der Waals surface area contributed by atoms with Crippen LogP contribution in [0, 0.1) is 10.1 Å². The number of anilines is 1. The Bertz CT molecular complexity index is 410. The molecule has 1 aromatic carbocycles. The highest BCUT2D eigenvalue weighted by Gasteiger charge is 2.12. The molecule has 4 nitrogen and oxygen atoms in total. The van der Waals surface area contributed by atoms with Crippen molar-refractivity contribution < 1.29 is 4.92 Å². The highest BCUT2D eigenvalue weighted by atomic mass is 35.5. The molecule has 0 aliphatic heterocycles. The lowest BCUT2D eigenvalue weighted by Gasteiger charge is -2.21. The lowest BCUT2D eigenvalue weighted by molar-refractivity contribution is -0.384. The predicted octanol–water partition coefficient (Wildman–Crippen LogP) is 3.96. The summed E-state index contributed by atoms with van der Waals surface area (Å²) in [7, 11) is 1.99. The maximum absolute atomic E-state index is 10.7. The van der Waals surface area contributed by atoms with E-state index in [4.69, 9.17) is 11.6 Å². The fraction of sp³-hybridized carbons (Fsp3) is 0.538. The number of benzene rings is 1. The van der Waals surface area contributed by atoms with Crippen LogP contribution in [0.2, 0.25) is 0 Å². The molecule has 0 atom stereocenters. The first-order valence-electron chi connectivity index (χ1n) is 6.14. The lowest BCUT2D eigenvalue weighted by atomic mass is 10.1. The molecule has 5 heteroatoms. The molecule has 0 N–H and O–H groups in total. The molecule has 0 radical (unpaired) electrons. The number of nitrogens with zero attached hydrogens (tertiary/aromatic N) is 2. The minimum atomic E-state index is -0.392. The van der Waals surface area contributed by atoms with Crippen molar-refractivity contribution in [1.82, 2.24) is 0 Å². The Labute approximate surface area is 113 Å². The van der Waals surface area contributed by atoms with Crippen LogP contribution in [0.15, 0.2) is 18.2 Å². The zero-order valence-corrected chi connectivity index (χ0v) is 11.6. The average molecular weight is 271 g/mol. The van der Waals surface area contributed by atoms with Crippen LogP contribution in [0.3, 0.4) is 0 Å². The van der Waals surface area contributed by atoms with Gasteiger partial charge in [0.25, 0.3) is 5.69 Å². The molecule has 0 unspecified atom stereocenters. The fourth-order valence-electron chi connectivity index (χ4n) is 1.88. The molecule has 0 bridgehead atoms. The molecule has 0 aliphatic carbocycles. The summed E-state index contributed by atoms with van der Waals surface area (Å²) in [6.45, 7) is 3.10. The Balaban J connectivity index is 2.84.